The first-order valence-corrected chi connectivity index (χ1v) is 21.1. The summed E-state index contributed by atoms with van der Waals surface area (Å²) in [5.74, 6) is -2.26. The lowest BCUT2D eigenvalue weighted by molar-refractivity contribution is -0.137. The zero-order chi connectivity index (χ0) is 38.1. The molecule has 0 bridgehead atoms. The van der Waals surface area contributed by atoms with E-state index < -0.39 is 38.1 Å². The largest absolute Gasteiger partial charge is 0.504 e. The number of halogens is 1. The number of ether oxygens (including phenoxy) is 3. The predicted molar refractivity (Wildman–Crippen MR) is 215 cm³/mol. The number of phenols is 1. The van der Waals surface area contributed by atoms with Crippen molar-refractivity contribution in [3.05, 3.63) is 98.6 Å². The number of phenolic OH excluding ortho intramolecular Hbond substituents is 1. The maximum absolute atomic E-state index is 13.8. The van der Waals surface area contributed by atoms with Crippen molar-refractivity contribution >= 4 is 65.3 Å². The van der Waals surface area contributed by atoms with Crippen molar-refractivity contribution in [1.29, 1.82) is 0 Å². The number of imide groups is 3. The molecule has 2 saturated heterocycles. The Labute approximate surface area is 326 Å². The molecule has 1 aliphatic carbocycles. The van der Waals surface area contributed by atoms with Crippen LogP contribution in [0.4, 0.5) is 4.79 Å². The van der Waals surface area contributed by atoms with Gasteiger partial charge in [0.2, 0.25) is 11.8 Å². The lowest BCUT2D eigenvalue weighted by Gasteiger charge is -2.44. The highest BCUT2D eigenvalue weighted by atomic mass is 127. The summed E-state index contributed by atoms with van der Waals surface area (Å²) in [6.45, 7) is 9.35. The monoisotopic (exact) mass is 849 g/mol. The third-order valence-electron chi connectivity index (χ3n) is 11.1. The van der Waals surface area contributed by atoms with Crippen LogP contribution >= 0.6 is 22.6 Å². The molecule has 2 heterocycles. The molecule has 2 fully saturated rings. The van der Waals surface area contributed by atoms with Crippen LogP contribution in [0.5, 0.6) is 11.5 Å². The van der Waals surface area contributed by atoms with Crippen molar-refractivity contribution < 1.29 is 38.1 Å². The van der Waals surface area contributed by atoms with Crippen LogP contribution in [0.15, 0.2) is 89.5 Å². The molecular weight excluding hydrogens is 801 g/mol. The van der Waals surface area contributed by atoms with Crippen molar-refractivity contribution in [2.75, 3.05) is 27.4 Å². The minimum absolute atomic E-state index is 0.120. The van der Waals surface area contributed by atoms with Crippen molar-refractivity contribution in [1.82, 2.24) is 4.90 Å². The van der Waals surface area contributed by atoms with E-state index in [0.29, 0.717) is 27.1 Å². The van der Waals surface area contributed by atoms with E-state index in [9.17, 15) is 19.5 Å². The van der Waals surface area contributed by atoms with Gasteiger partial charge in [0.1, 0.15) is 0 Å². The van der Waals surface area contributed by atoms with E-state index in [0.717, 1.165) is 39.9 Å². The molecule has 53 heavy (non-hydrogen) atoms. The number of methoxy groups -OCH3 is 2. The van der Waals surface area contributed by atoms with Crippen LogP contribution in [0.1, 0.15) is 58.9 Å². The first-order valence-electron chi connectivity index (χ1n) is 18.2. The summed E-state index contributed by atoms with van der Waals surface area (Å²) in [6, 6.07) is 24.6. The normalized spacial score (nSPS) is 21.9. The smallest absolute Gasteiger partial charge is 0.423 e. The number of hydrogen-bond acceptors (Lipinski definition) is 8. The summed E-state index contributed by atoms with van der Waals surface area (Å²) < 4.78 is 24.9. The Morgan fingerprint density at radius 1 is 1.00 bits per heavy atom. The number of allylic oxidation sites excluding steroid dienone is 1. The van der Waals surface area contributed by atoms with Gasteiger partial charge < -0.3 is 23.7 Å². The maximum Gasteiger partial charge on any atom is 0.423 e. The summed E-state index contributed by atoms with van der Waals surface area (Å²) in [6.07, 6.45) is 3.39. The Hall–Kier alpha value is -3.78. The molecule has 3 aliphatic rings. The summed E-state index contributed by atoms with van der Waals surface area (Å²) in [4.78, 5) is 41.0. The summed E-state index contributed by atoms with van der Waals surface area (Å²) in [5, 5.41) is 12.4. The molecule has 9 nitrogen and oxygen atoms in total. The van der Waals surface area contributed by atoms with Gasteiger partial charge in [0.05, 0.1) is 48.9 Å². The number of amides is 3. The van der Waals surface area contributed by atoms with Crippen LogP contribution in [0.2, 0.25) is 5.04 Å². The number of nitrogens with zero attached hydrogens (tertiary/aromatic N) is 1. The number of hydrogen-bond donors (Lipinski definition) is 1. The molecule has 3 aromatic carbocycles. The highest BCUT2D eigenvalue weighted by Crippen LogP contribution is 2.50. The molecule has 4 atom stereocenters. The first kappa shape index (κ1) is 38.9. The SMILES string of the molecule is CC/C(=C\c1cc(I)c(O)c(OC)c1)CC[C@H]1OC[C@H]2C1=C(CO[Si](c1ccccc1)(c1ccccc1)C(C)(C)C)C[C@H]1C(=O)N(C(=O)OC)C(=O)[C@H]12. The van der Waals surface area contributed by atoms with Gasteiger partial charge in [0.25, 0.3) is 8.32 Å². The average Bonchev–Trinajstić information content (AvgIpc) is 3.69. The third-order valence-corrected chi connectivity index (χ3v) is 16.9. The Kier molecular flexibility index (Phi) is 11.7. The van der Waals surface area contributed by atoms with Crippen LogP contribution in [-0.2, 0) is 23.5 Å². The van der Waals surface area contributed by atoms with Gasteiger partial charge in [-0.2, -0.15) is 4.90 Å². The van der Waals surface area contributed by atoms with Crippen LogP contribution in [0.25, 0.3) is 6.08 Å². The molecule has 6 rings (SSSR count). The second kappa shape index (κ2) is 15.9. The molecule has 3 aromatic rings. The minimum atomic E-state index is -2.95. The summed E-state index contributed by atoms with van der Waals surface area (Å²) in [7, 11) is -0.231. The molecule has 0 radical (unpaired) electrons. The van der Waals surface area contributed by atoms with Crippen LogP contribution in [0.3, 0.4) is 0 Å². The molecule has 280 valence electrons. The van der Waals surface area contributed by atoms with Gasteiger partial charge >= 0.3 is 6.09 Å². The zero-order valence-corrected chi connectivity index (χ0v) is 34.3. The second-order valence-electron chi connectivity index (χ2n) is 15.0. The fourth-order valence-electron chi connectivity index (χ4n) is 8.57. The van der Waals surface area contributed by atoms with E-state index in [-0.39, 0.29) is 36.0 Å². The van der Waals surface area contributed by atoms with Crippen LogP contribution in [-0.4, -0.2) is 69.8 Å². The molecule has 3 amide bonds. The summed E-state index contributed by atoms with van der Waals surface area (Å²) >= 11 is 2.10. The number of carbonyl (C=O) groups is 3. The molecule has 0 unspecified atom stereocenters. The van der Waals surface area contributed by atoms with Gasteiger partial charge in [-0.05, 0) is 92.5 Å². The van der Waals surface area contributed by atoms with Crippen molar-refractivity contribution in [2.45, 2.75) is 64.5 Å². The van der Waals surface area contributed by atoms with Crippen LogP contribution in [0, 0.1) is 21.3 Å². The minimum Gasteiger partial charge on any atom is -0.504 e. The Morgan fingerprint density at radius 3 is 2.21 bits per heavy atom. The Morgan fingerprint density at radius 2 is 1.64 bits per heavy atom. The van der Waals surface area contributed by atoms with Gasteiger partial charge in [0, 0.05) is 5.92 Å². The van der Waals surface area contributed by atoms with E-state index in [4.69, 9.17) is 18.6 Å². The molecule has 0 aromatic heterocycles. The van der Waals surface area contributed by atoms with Gasteiger partial charge in [-0.3, -0.25) is 9.59 Å². The van der Waals surface area contributed by atoms with Crippen molar-refractivity contribution in [2.24, 2.45) is 17.8 Å². The standard InChI is InChI=1S/C42H48INO8Si/c1-7-26(20-27-21-33(43)38(45)35(22-27)49-5)18-19-34-36-28(23-31-37(32(36)25-51-34)40(47)44(39(31)46)41(48)50-6)24-52-53(42(2,3)4,29-14-10-8-11-15-29)30-16-12-9-13-17-30/h8-17,20-22,31-32,34,37,45H,7,18-19,23-25H2,1-6H3/b26-20+/t31-,32+,34-,37-/m1/s1. The molecule has 2 aliphatic heterocycles. The third kappa shape index (κ3) is 7.25. The fourth-order valence-corrected chi connectivity index (χ4v) is 13.7. The number of carbonyl (C=O) groups excluding carboxylic acids is 3. The van der Waals surface area contributed by atoms with Crippen molar-refractivity contribution in [3.8, 4) is 11.5 Å². The average molecular weight is 850 g/mol. The Bertz CT molecular complexity index is 1880. The molecular formula is C42H48INO8Si. The van der Waals surface area contributed by atoms with Gasteiger partial charge in [-0.15, -0.1) is 0 Å². The molecule has 11 heteroatoms. The van der Waals surface area contributed by atoms with Crippen LogP contribution < -0.4 is 15.1 Å². The van der Waals surface area contributed by atoms with Crippen molar-refractivity contribution in [3.63, 3.8) is 0 Å². The highest BCUT2D eigenvalue weighted by Gasteiger charge is 2.59. The quantitative estimate of drug-likeness (QED) is 0.0932. The van der Waals surface area contributed by atoms with Gasteiger partial charge in [-0.25, -0.2) is 4.79 Å². The number of rotatable bonds is 11. The molecule has 0 spiro atoms. The van der Waals surface area contributed by atoms with E-state index in [1.54, 1.807) is 0 Å². The molecule has 0 saturated carbocycles. The lowest BCUT2D eigenvalue weighted by atomic mass is 9.69. The number of benzene rings is 3. The lowest BCUT2D eigenvalue weighted by Crippen LogP contribution is -2.66. The van der Waals surface area contributed by atoms with E-state index >= 15 is 0 Å². The number of fused-ring (bicyclic) bond motifs is 3. The predicted octanol–water partition coefficient (Wildman–Crippen LogP) is 7.24. The van der Waals surface area contributed by atoms with E-state index in [2.05, 4.69) is 105 Å². The zero-order valence-electron chi connectivity index (χ0n) is 31.2. The maximum atomic E-state index is 13.8. The number of likely N-dealkylation sites (tertiary alicyclic amines) is 1. The first-order chi connectivity index (χ1) is 25.4. The fraction of sp³-hybridized carbons (Fsp3) is 0.405. The van der Waals surface area contributed by atoms with Gasteiger partial charge in [0.15, 0.2) is 11.5 Å². The summed E-state index contributed by atoms with van der Waals surface area (Å²) in [5.41, 5.74) is 4.12. The number of aromatic hydroxyl groups is 1. The van der Waals surface area contributed by atoms with E-state index in [1.165, 1.54) is 19.8 Å². The van der Waals surface area contributed by atoms with Gasteiger partial charge in [-0.1, -0.05) is 100 Å². The van der Waals surface area contributed by atoms with E-state index in [1.807, 2.05) is 24.3 Å². The Balaban J connectivity index is 1.39. The highest BCUT2D eigenvalue weighted by molar-refractivity contribution is 14.1. The topological polar surface area (TPSA) is 112 Å². The second-order valence-corrected chi connectivity index (χ2v) is 20.5. The molecule has 1 N–H and O–H groups in total.